The molecule has 0 spiro atoms. The highest BCUT2D eigenvalue weighted by Crippen LogP contribution is 2.16. The summed E-state index contributed by atoms with van der Waals surface area (Å²) in [6.07, 6.45) is 0. The first kappa shape index (κ1) is 11.2. The van der Waals surface area contributed by atoms with Gasteiger partial charge in [0.1, 0.15) is 5.82 Å². The van der Waals surface area contributed by atoms with Crippen molar-refractivity contribution in [2.24, 2.45) is 0 Å². The largest absolute Gasteiger partial charge is 0.383 e. The summed E-state index contributed by atoms with van der Waals surface area (Å²) in [5.74, 6) is 0.777. The Morgan fingerprint density at radius 1 is 1.36 bits per heavy atom. The Morgan fingerprint density at radius 3 is 2.71 bits per heavy atom. The van der Waals surface area contributed by atoms with Crippen LogP contribution in [0.15, 0.2) is 0 Å². The molecule has 5 heteroatoms. The van der Waals surface area contributed by atoms with Crippen LogP contribution < -0.4 is 5.32 Å². The number of hydrogen-bond donors (Lipinski definition) is 1. The molecule has 0 saturated carbocycles. The lowest BCUT2D eigenvalue weighted by atomic mass is 10.2. The molecule has 1 aromatic heterocycles. The first-order valence-electron chi connectivity index (χ1n) is 4.38. The molecule has 0 aromatic carbocycles. The Bertz CT molecular complexity index is 317. The van der Waals surface area contributed by atoms with Crippen LogP contribution in [0.2, 0.25) is 5.28 Å². The van der Waals surface area contributed by atoms with E-state index in [1.165, 1.54) is 0 Å². The summed E-state index contributed by atoms with van der Waals surface area (Å²) in [7, 11) is 1.66. The van der Waals surface area contributed by atoms with Crippen LogP contribution in [0.1, 0.15) is 11.3 Å². The Morgan fingerprint density at radius 2 is 2.07 bits per heavy atom. The number of anilines is 1. The molecule has 0 bridgehead atoms. The van der Waals surface area contributed by atoms with Crippen LogP contribution in [0.25, 0.3) is 0 Å². The summed E-state index contributed by atoms with van der Waals surface area (Å²) in [5, 5.41) is 3.41. The molecule has 0 aliphatic carbocycles. The number of hydrogen-bond acceptors (Lipinski definition) is 4. The van der Waals surface area contributed by atoms with E-state index in [0.717, 1.165) is 17.1 Å². The van der Waals surface area contributed by atoms with Gasteiger partial charge in [-0.2, -0.15) is 0 Å². The van der Waals surface area contributed by atoms with Crippen LogP contribution in [0, 0.1) is 13.8 Å². The number of nitrogens with one attached hydrogen (secondary N) is 1. The van der Waals surface area contributed by atoms with Gasteiger partial charge in [0, 0.05) is 24.9 Å². The maximum absolute atomic E-state index is 5.74. The van der Waals surface area contributed by atoms with E-state index in [2.05, 4.69) is 15.3 Å². The zero-order chi connectivity index (χ0) is 10.6. The predicted molar refractivity (Wildman–Crippen MR) is 56.9 cm³/mol. The van der Waals surface area contributed by atoms with Crippen LogP contribution in [0.3, 0.4) is 0 Å². The average molecular weight is 216 g/mol. The number of aryl methyl sites for hydroxylation is 1. The molecule has 14 heavy (non-hydrogen) atoms. The minimum Gasteiger partial charge on any atom is -0.383 e. The number of rotatable bonds is 4. The number of halogens is 1. The van der Waals surface area contributed by atoms with Crippen molar-refractivity contribution in [3.8, 4) is 0 Å². The summed E-state index contributed by atoms with van der Waals surface area (Å²) in [5.41, 5.74) is 1.91. The molecule has 0 fully saturated rings. The third-order valence-electron chi connectivity index (χ3n) is 1.96. The topological polar surface area (TPSA) is 47.0 Å². The van der Waals surface area contributed by atoms with Gasteiger partial charge in [0.25, 0.3) is 0 Å². The Hall–Kier alpha value is -0.870. The molecule has 0 radical (unpaired) electrons. The fourth-order valence-electron chi connectivity index (χ4n) is 1.04. The second kappa shape index (κ2) is 5.12. The lowest BCUT2D eigenvalue weighted by Crippen LogP contribution is -2.11. The number of ether oxygens (including phenoxy) is 1. The predicted octanol–water partition coefficient (Wildman–Crippen LogP) is 1.81. The summed E-state index contributed by atoms with van der Waals surface area (Å²) < 4.78 is 4.93. The van der Waals surface area contributed by atoms with E-state index in [1.807, 2.05) is 13.8 Å². The first-order chi connectivity index (χ1) is 6.65. The van der Waals surface area contributed by atoms with Gasteiger partial charge in [-0.25, -0.2) is 9.97 Å². The summed E-state index contributed by atoms with van der Waals surface area (Å²) in [4.78, 5) is 8.14. The van der Waals surface area contributed by atoms with Gasteiger partial charge in [-0.15, -0.1) is 0 Å². The van der Waals surface area contributed by atoms with Gasteiger partial charge in [0.05, 0.1) is 6.61 Å². The SMILES string of the molecule is COCCNc1nc(Cl)nc(C)c1C. The van der Waals surface area contributed by atoms with Gasteiger partial charge in [-0.05, 0) is 25.4 Å². The molecular weight excluding hydrogens is 202 g/mol. The molecule has 1 heterocycles. The van der Waals surface area contributed by atoms with E-state index in [4.69, 9.17) is 16.3 Å². The fourth-order valence-corrected chi connectivity index (χ4v) is 1.25. The maximum Gasteiger partial charge on any atom is 0.224 e. The van der Waals surface area contributed by atoms with Crippen molar-refractivity contribution in [1.82, 2.24) is 9.97 Å². The molecule has 4 nitrogen and oxygen atoms in total. The molecule has 0 saturated heterocycles. The molecule has 0 aliphatic heterocycles. The third-order valence-corrected chi connectivity index (χ3v) is 2.13. The van der Waals surface area contributed by atoms with E-state index in [1.54, 1.807) is 7.11 Å². The zero-order valence-electron chi connectivity index (χ0n) is 8.59. The monoisotopic (exact) mass is 215 g/mol. The van der Waals surface area contributed by atoms with Crippen LogP contribution >= 0.6 is 11.6 Å². The van der Waals surface area contributed by atoms with Crippen LogP contribution in [-0.2, 0) is 4.74 Å². The lowest BCUT2D eigenvalue weighted by molar-refractivity contribution is 0.210. The smallest absolute Gasteiger partial charge is 0.224 e. The second-order valence-corrected chi connectivity index (χ2v) is 3.31. The average Bonchev–Trinajstić information content (AvgIpc) is 2.13. The molecule has 78 valence electrons. The van der Waals surface area contributed by atoms with Gasteiger partial charge in [-0.3, -0.25) is 0 Å². The molecular formula is C9H14ClN3O. The fraction of sp³-hybridized carbons (Fsp3) is 0.556. The Labute approximate surface area is 88.7 Å². The van der Waals surface area contributed by atoms with Gasteiger partial charge in [0.15, 0.2) is 0 Å². The normalized spacial score (nSPS) is 10.3. The molecule has 0 unspecified atom stereocenters. The van der Waals surface area contributed by atoms with E-state index < -0.39 is 0 Å². The summed E-state index contributed by atoms with van der Waals surface area (Å²) in [6.45, 7) is 5.22. The number of methoxy groups -OCH3 is 1. The highest BCUT2D eigenvalue weighted by atomic mass is 35.5. The molecule has 0 aliphatic rings. The minimum atomic E-state index is 0.271. The highest BCUT2D eigenvalue weighted by molar-refractivity contribution is 6.28. The highest BCUT2D eigenvalue weighted by Gasteiger charge is 2.05. The molecule has 1 aromatic rings. The lowest BCUT2D eigenvalue weighted by Gasteiger charge is -2.09. The molecule has 1 N–H and O–H groups in total. The Kier molecular flexibility index (Phi) is 4.10. The Balaban J connectivity index is 2.75. The van der Waals surface area contributed by atoms with E-state index >= 15 is 0 Å². The van der Waals surface area contributed by atoms with E-state index in [9.17, 15) is 0 Å². The van der Waals surface area contributed by atoms with Gasteiger partial charge in [-0.1, -0.05) is 0 Å². The maximum atomic E-state index is 5.74. The van der Waals surface area contributed by atoms with Crippen molar-refractivity contribution < 1.29 is 4.74 Å². The molecule has 1 rings (SSSR count). The van der Waals surface area contributed by atoms with Crippen molar-refractivity contribution in [2.45, 2.75) is 13.8 Å². The van der Waals surface area contributed by atoms with Crippen molar-refractivity contribution in [3.63, 3.8) is 0 Å². The zero-order valence-corrected chi connectivity index (χ0v) is 9.35. The standard InChI is InChI=1S/C9H14ClN3O/c1-6-7(2)12-9(10)13-8(6)11-4-5-14-3/h4-5H2,1-3H3,(H,11,12,13). The van der Waals surface area contributed by atoms with Crippen LogP contribution in [0.5, 0.6) is 0 Å². The molecule has 0 atom stereocenters. The van der Waals surface area contributed by atoms with Gasteiger partial charge < -0.3 is 10.1 Å². The third kappa shape index (κ3) is 2.82. The van der Waals surface area contributed by atoms with Crippen molar-refractivity contribution >= 4 is 17.4 Å². The first-order valence-corrected chi connectivity index (χ1v) is 4.76. The number of aromatic nitrogens is 2. The minimum absolute atomic E-state index is 0.271. The quantitative estimate of drug-likeness (QED) is 0.615. The van der Waals surface area contributed by atoms with Crippen molar-refractivity contribution in [2.75, 3.05) is 25.6 Å². The van der Waals surface area contributed by atoms with Gasteiger partial charge >= 0.3 is 0 Å². The second-order valence-electron chi connectivity index (χ2n) is 2.97. The van der Waals surface area contributed by atoms with Crippen molar-refractivity contribution in [1.29, 1.82) is 0 Å². The van der Waals surface area contributed by atoms with Crippen LogP contribution in [0.4, 0.5) is 5.82 Å². The van der Waals surface area contributed by atoms with Gasteiger partial charge in [0.2, 0.25) is 5.28 Å². The summed E-state index contributed by atoms with van der Waals surface area (Å²) in [6, 6.07) is 0. The van der Waals surface area contributed by atoms with Crippen molar-refractivity contribution in [3.05, 3.63) is 16.5 Å². The summed E-state index contributed by atoms with van der Waals surface area (Å²) >= 11 is 5.74. The van der Waals surface area contributed by atoms with Crippen LogP contribution in [-0.4, -0.2) is 30.2 Å². The molecule has 0 amide bonds. The number of nitrogens with zero attached hydrogens (tertiary/aromatic N) is 2. The van der Waals surface area contributed by atoms with E-state index in [0.29, 0.717) is 13.2 Å². The van der Waals surface area contributed by atoms with E-state index in [-0.39, 0.29) is 5.28 Å².